The molecule has 0 saturated heterocycles. The van der Waals surface area contributed by atoms with Gasteiger partial charge < -0.3 is 9.84 Å². The molecule has 1 aliphatic rings. The number of benzene rings is 1. The Morgan fingerprint density at radius 2 is 2.38 bits per heavy atom. The van der Waals surface area contributed by atoms with E-state index in [1.807, 2.05) is 23.9 Å². The Balaban J connectivity index is 2.25. The second kappa shape index (κ2) is 4.47. The van der Waals surface area contributed by atoms with Crippen molar-refractivity contribution in [3.8, 4) is 0 Å². The Morgan fingerprint density at radius 1 is 1.62 bits per heavy atom. The molecule has 0 bridgehead atoms. The summed E-state index contributed by atoms with van der Waals surface area (Å²) in [4.78, 5) is 12.4. The van der Waals surface area contributed by atoms with Crippen molar-refractivity contribution in [3.63, 3.8) is 0 Å². The smallest absolute Gasteiger partial charge is 0.339 e. The van der Waals surface area contributed by atoms with Crippen LogP contribution in [0.3, 0.4) is 0 Å². The van der Waals surface area contributed by atoms with Crippen molar-refractivity contribution in [1.29, 1.82) is 0 Å². The Bertz CT molecular complexity index is 417. The quantitative estimate of drug-likeness (QED) is 0.800. The van der Waals surface area contributed by atoms with Gasteiger partial charge in [-0.15, -0.1) is 11.8 Å². The third-order valence-corrected chi connectivity index (χ3v) is 3.88. The lowest BCUT2D eigenvalue weighted by molar-refractivity contribution is -0.150. The van der Waals surface area contributed by atoms with Crippen molar-refractivity contribution in [1.82, 2.24) is 0 Å². The van der Waals surface area contributed by atoms with Crippen LogP contribution in [0.4, 0.5) is 0 Å². The number of aliphatic hydroxyl groups is 1. The summed E-state index contributed by atoms with van der Waals surface area (Å²) in [7, 11) is 1.27. The molecule has 0 amide bonds. The van der Waals surface area contributed by atoms with Gasteiger partial charge in [0.1, 0.15) is 0 Å². The molecule has 0 fully saturated rings. The molecule has 0 aliphatic carbocycles. The summed E-state index contributed by atoms with van der Waals surface area (Å²) in [5.74, 6) is -0.612. The molecule has 3 nitrogen and oxygen atoms in total. The first kappa shape index (κ1) is 11.5. The van der Waals surface area contributed by atoms with E-state index in [-0.39, 0.29) is 0 Å². The van der Waals surface area contributed by atoms with E-state index < -0.39 is 12.1 Å². The standard InChI is InChI=1S/C12H14O3S/c1-7-5-9-6-8(3-4-10(9)16-7)11(13)12(14)15-2/h3-4,6-7,11,13H,5H2,1-2H3. The van der Waals surface area contributed by atoms with Gasteiger partial charge in [0.25, 0.3) is 0 Å². The zero-order chi connectivity index (χ0) is 11.7. The van der Waals surface area contributed by atoms with Gasteiger partial charge in [0, 0.05) is 10.1 Å². The van der Waals surface area contributed by atoms with E-state index in [1.54, 1.807) is 6.07 Å². The van der Waals surface area contributed by atoms with Crippen molar-refractivity contribution in [2.24, 2.45) is 0 Å². The zero-order valence-corrected chi connectivity index (χ0v) is 10.1. The molecule has 1 aliphatic heterocycles. The third kappa shape index (κ3) is 2.08. The first-order valence-electron chi connectivity index (χ1n) is 5.17. The van der Waals surface area contributed by atoms with E-state index in [9.17, 15) is 9.90 Å². The van der Waals surface area contributed by atoms with Crippen LogP contribution in [0.1, 0.15) is 24.2 Å². The number of carbonyl (C=O) groups excluding carboxylic acids is 1. The highest BCUT2D eigenvalue weighted by Gasteiger charge is 2.23. The largest absolute Gasteiger partial charge is 0.467 e. The maximum atomic E-state index is 11.2. The van der Waals surface area contributed by atoms with Gasteiger partial charge in [-0.2, -0.15) is 0 Å². The minimum Gasteiger partial charge on any atom is -0.467 e. The second-order valence-electron chi connectivity index (χ2n) is 3.93. The lowest BCUT2D eigenvalue weighted by Gasteiger charge is -2.09. The fraction of sp³-hybridized carbons (Fsp3) is 0.417. The number of rotatable bonds is 2. The highest BCUT2D eigenvalue weighted by atomic mass is 32.2. The molecule has 0 spiro atoms. The van der Waals surface area contributed by atoms with Crippen LogP contribution in [-0.2, 0) is 16.0 Å². The maximum absolute atomic E-state index is 11.2. The van der Waals surface area contributed by atoms with Gasteiger partial charge in [-0.05, 0) is 23.6 Å². The number of esters is 1. The number of methoxy groups -OCH3 is 1. The lowest BCUT2D eigenvalue weighted by Crippen LogP contribution is -2.13. The van der Waals surface area contributed by atoms with Crippen LogP contribution in [-0.4, -0.2) is 23.4 Å². The topological polar surface area (TPSA) is 46.5 Å². The van der Waals surface area contributed by atoms with Gasteiger partial charge in [0.05, 0.1) is 7.11 Å². The van der Waals surface area contributed by atoms with Crippen molar-refractivity contribution in [2.75, 3.05) is 7.11 Å². The van der Waals surface area contributed by atoms with Crippen molar-refractivity contribution >= 4 is 17.7 Å². The molecule has 4 heteroatoms. The monoisotopic (exact) mass is 238 g/mol. The zero-order valence-electron chi connectivity index (χ0n) is 9.27. The summed E-state index contributed by atoms with van der Waals surface area (Å²) in [6.45, 7) is 2.17. The number of thioether (sulfide) groups is 1. The van der Waals surface area contributed by atoms with Gasteiger partial charge in [-0.25, -0.2) is 4.79 Å². The summed E-state index contributed by atoms with van der Waals surface area (Å²) in [6, 6.07) is 5.64. The van der Waals surface area contributed by atoms with E-state index in [0.29, 0.717) is 10.8 Å². The molecule has 2 unspecified atom stereocenters. The van der Waals surface area contributed by atoms with Crippen molar-refractivity contribution in [2.45, 2.75) is 29.6 Å². The van der Waals surface area contributed by atoms with Crippen LogP contribution in [0, 0.1) is 0 Å². The highest BCUT2D eigenvalue weighted by molar-refractivity contribution is 8.00. The first-order chi connectivity index (χ1) is 7.61. The molecule has 1 aromatic rings. The fourth-order valence-electron chi connectivity index (χ4n) is 1.86. The molecule has 1 N–H and O–H groups in total. The molecular formula is C12H14O3S. The molecule has 2 rings (SSSR count). The minimum absolute atomic E-state index is 0.570. The predicted molar refractivity (Wildman–Crippen MR) is 62.4 cm³/mol. The Hall–Kier alpha value is -1.00. The molecule has 0 radical (unpaired) electrons. The molecule has 1 heterocycles. The van der Waals surface area contributed by atoms with Crippen LogP contribution >= 0.6 is 11.8 Å². The molecule has 2 atom stereocenters. The van der Waals surface area contributed by atoms with Gasteiger partial charge in [-0.1, -0.05) is 19.1 Å². The molecule has 1 aromatic carbocycles. The van der Waals surface area contributed by atoms with Crippen LogP contribution in [0.15, 0.2) is 23.1 Å². The number of aliphatic hydroxyl groups excluding tert-OH is 1. The average Bonchev–Trinajstić information content (AvgIpc) is 2.65. The molecule has 16 heavy (non-hydrogen) atoms. The number of hydrogen-bond acceptors (Lipinski definition) is 4. The van der Waals surface area contributed by atoms with Gasteiger partial charge in [0.2, 0.25) is 0 Å². The van der Waals surface area contributed by atoms with Crippen LogP contribution in [0.2, 0.25) is 0 Å². The Labute approximate surface area is 98.8 Å². The molecule has 86 valence electrons. The SMILES string of the molecule is COC(=O)C(O)c1ccc2c(c1)CC(C)S2. The van der Waals surface area contributed by atoms with E-state index in [4.69, 9.17) is 0 Å². The normalized spacial score (nSPS) is 20.3. The average molecular weight is 238 g/mol. The molecular weight excluding hydrogens is 224 g/mol. The number of ether oxygens (including phenoxy) is 1. The predicted octanol–water partition coefficient (Wildman–Crippen LogP) is 1.93. The van der Waals surface area contributed by atoms with Crippen LogP contribution in [0.25, 0.3) is 0 Å². The van der Waals surface area contributed by atoms with Gasteiger partial charge in [-0.3, -0.25) is 0 Å². The maximum Gasteiger partial charge on any atom is 0.339 e. The Kier molecular flexibility index (Phi) is 3.21. The van der Waals surface area contributed by atoms with E-state index in [1.165, 1.54) is 17.6 Å². The number of hydrogen-bond donors (Lipinski definition) is 1. The first-order valence-corrected chi connectivity index (χ1v) is 6.05. The van der Waals surface area contributed by atoms with Crippen LogP contribution < -0.4 is 0 Å². The second-order valence-corrected chi connectivity index (χ2v) is 5.41. The summed E-state index contributed by atoms with van der Waals surface area (Å²) in [5.41, 5.74) is 1.82. The lowest BCUT2D eigenvalue weighted by atomic mass is 10.0. The molecule has 0 aromatic heterocycles. The van der Waals surface area contributed by atoms with Crippen molar-refractivity contribution < 1.29 is 14.6 Å². The van der Waals surface area contributed by atoms with Crippen LogP contribution in [0.5, 0.6) is 0 Å². The summed E-state index contributed by atoms with van der Waals surface area (Å²) in [6.07, 6.45) is -0.182. The van der Waals surface area contributed by atoms with Crippen molar-refractivity contribution in [3.05, 3.63) is 29.3 Å². The van der Waals surface area contributed by atoms with Gasteiger partial charge >= 0.3 is 5.97 Å². The summed E-state index contributed by atoms with van der Waals surface area (Å²) < 4.78 is 4.51. The van der Waals surface area contributed by atoms with Gasteiger partial charge in [0.15, 0.2) is 6.10 Å². The number of carbonyl (C=O) groups is 1. The minimum atomic E-state index is -1.17. The Morgan fingerprint density at radius 3 is 3.06 bits per heavy atom. The fourth-order valence-corrected chi connectivity index (χ4v) is 3.00. The third-order valence-electron chi connectivity index (χ3n) is 2.66. The summed E-state index contributed by atoms with van der Waals surface area (Å²) >= 11 is 1.83. The summed E-state index contributed by atoms with van der Waals surface area (Å²) in [5, 5.41) is 10.3. The van der Waals surface area contributed by atoms with E-state index >= 15 is 0 Å². The number of fused-ring (bicyclic) bond motifs is 1. The molecule has 0 saturated carbocycles. The van der Waals surface area contributed by atoms with E-state index in [2.05, 4.69) is 11.7 Å². The highest BCUT2D eigenvalue weighted by Crippen LogP contribution is 2.37. The van der Waals surface area contributed by atoms with E-state index in [0.717, 1.165) is 6.42 Å².